The highest BCUT2D eigenvalue weighted by Crippen LogP contribution is 2.51. The summed E-state index contributed by atoms with van der Waals surface area (Å²) < 4.78 is 11.1. The van der Waals surface area contributed by atoms with Gasteiger partial charge in [0.05, 0.1) is 11.7 Å². The van der Waals surface area contributed by atoms with Gasteiger partial charge in [0.2, 0.25) is 0 Å². The molecule has 5 nitrogen and oxygen atoms in total. The normalized spacial score (nSPS) is 40.4. The topological polar surface area (TPSA) is 59.0 Å². The minimum atomic E-state index is -0.784. The molecule has 0 unspecified atom stereocenters. The van der Waals surface area contributed by atoms with Gasteiger partial charge in [-0.15, -0.1) is 0 Å². The molecule has 1 heterocycles. The minimum absolute atomic E-state index is 0.140. The van der Waals surface area contributed by atoms with E-state index < -0.39 is 5.60 Å². The summed E-state index contributed by atoms with van der Waals surface area (Å²) in [4.78, 5) is 14.0. The molecule has 7 atom stereocenters. The SMILES string of the molecule is CO[C@H]1CCCN(C[C@@H](C)[C@@H]2CC[C@@H](C)[C@]3(O)C[C@@H](OC(C)=O)C(C)=C[C@H]23)C1. The van der Waals surface area contributed by atoms with Crippen LogP contribution in [0.4, 0.5) is 0 Å². The van der Waals surface area contributed by atoms with Crippen LogP contribution in [0.25, 0.3) is 0 Å². The predicted molar refractivity (Wildman–Crippen MR) is 110 cm³/mol. The Labute approximate surface area is 170 Å². The van der Waals surface area contributed by atoms with E-state index in [1.165, 1.54) is 13.3 Å². The third kappa shape index (κ3) is 4.47. The molecule has 0 spiro atoms. The fourth-order valence-electron chi connectivity index (χ4n) is 5.91. The molecule has 28 heavy (non-hydrogen) atoms. The van der Waals surface area contributed by atoms with Crippen LogP contribution in [-0.2, 0) is 14.3 Å². The Bertz CT molecular complexity index is 591. The van der Waals surface area contributed by atoms with Crippen molar-refractivity contribution < 1.29 is 19.4 Å². The van der Waals surface area contributed by atoms with Gasteiger partial charge in [-0.05, 0) is 62.5 Å². The van der Waals surface area contributed by atoms with E-state index >= 15 is 0 Å². The Morgan fingerprint density at radius 3 is 2.82 bits per heavy atom. The van der Waals surface area contributed by atoms with Crippen molar-refractivity contribution in [2.45, 2.75) is 77.6 Å². The van der Waals surface area contributed by atoms with Crippen molar-refractivity contribution in [2.75, 3.05) is 26.7 Å². The fraction of sp³-hybridized carbons (Fsp3) is 0.870. The number of hydrogen-bond acceptors (Lipinski definition) is 5. The van der Waals surface area contributed by atoms with Gasteiger partial charge in [-0.2, -0.15) is 0 Å². The summed E-state index contributed by atoms with van der Waals surface area (Å²) in [6.07, 6.45) is 7.35. The zero-order valence-corrected chi connectivity index (χ0v) is 18.3. The number of aliphatic hydroxyl groups is 1. The number of fused-ring (bicyclic) bond motifs is 1. The zero-order valence-electron chi connectivity index (χ0n) is 18.3. The second-order valence-corrected chi connectivity index (χ2v) is 9.61. The Kier molecular flexibility index (Phi) is 6.88. The number of esters is 1. The number of hydrogen-bond donors (Lipinski definition) is 1. The molecule has 3 rings (SSSR count). The second-order valence-electron chi connectivity index (χ2n) is 9.61. The van der Waals surface area contributed by atoms with Crippen LogP contribution >= 0.6 is 0 Å². The maximum absolute atomic E-state index is 11.7. The van der Waals surface area contributed by atoms with Crippen molar-refractivity contribution in [2.24, 2.45) is 23.7 Å². The van der Waals surface area contributed by atoms with Gasteiger partial charge < -0.3 is 19.5 Å². The first-order valence-electron chi connectivity index (χ1n) is 11.1. The van der Waals surface area contributed by atoms with Crippen molar-refractivity contribution in [3.63, 3.8) is 0 Å². The third-order valence-electron chi connectivity index (χ3n) is 7.67. The zero-order chi connectivity index (χ0) is 20.5. The second kappa shape index (κ2) is 8.85. The summed E-state index contributed by atoms with van der Waals surface area (Å²) >= 11 is 0. The first-order valence-corrected chi connectivity index (χ1v) is 11.1. The number of ether oxygens (including phenoxy) is 2. The lowest BCUT2D eigenvalue weighted by atomic mass is 9.57. The summed E-state index contributed by atoms with van der Waals surface area (Å²) in [7, 11) is 1.81. The Morgan fingerprint density at radius 2 is 2.14 bits per heavy atom. The Hall–Kier alpha value is -0.910. The Balaban J connectivity index is 1.75. The molecule has 0 amide bonds. The van der Waals surface area contributed by atoms with Gasteiger partial charge >= 0.3 is 5.97 Å². The number of methoxy groups -OCH3 is 1. The number of carbonyl (C=O) groups is 1. The van der Waals surface area contributed by atoms with Crippen molar-refractivity contribution in [1.29, 1.82) is 0 Å². The van der Waals surface area contributed by atoms with Gasteiger partial charge in [0.1, 0.15) is 6.10 Å². The van der Waals surface area contributed by atoms with Crippen molar-refractivity contribution in [3.05, 3.63) is 11.6 Å². The summed E-state index contributed by atoms with van der Waals surface area (Å²) in [6.45, 7) is 11.2. The van der Waals surface area contributed by atoms with Gasteiger partial charge in [-0.25, -0.2) is 0 Å². The van der Waals surface area contributed by atoms with Crippen LogP contribution in [0.2, 0.25) is 0 Å². The van der Waals surface area contributed by atoms with Crippen molar-refractivity contribution >= 4 is 5.97 Å². The maximum atomic E-state index is 11.7. The minimum Gasteiger partial charge on any atom is -0.458 e. The molecule has 0 aromatic rings. The van der Waals surface area contributed by atoms with Gasteiger partial charge in [0, 0.05) is 39.5 Å². The molecule has 2 fully saturated rings. The molecule has 2 aliphatic carbocycles. The first kappa shape index (κ1) is 21.8. The molecule has 1 aliphatic heterocycles. The van der Waals surface area contributed by atoms with Gasteiger partial charge in [-0.1, -0.05) is 19.9 Å². The number of carbonyl (C=O) groups excluding carboxylic acids is 1. The highest BCUT2D eigenvalue weighted by atomic mass is 16.5. The standard InChI is InChI=1S/C23H39NO4/c1-15-11-21-20(16(2)13-24-10-6-7-19(14-24)27-5)9-8-17(3)23(21,26)12-22(15)28-18(4)25/h11,16-17,19-22,26H,6-10,12-14H2,1-5H3/t16-,17-,19+,20+,21-,22-,23-/m1/s1. The first-order chi connectivity index (χ1) is 13.2. The van der Waals surface area contributed by atoms with E-state index in [2.05, 4.69) is 24.8 Å². The van der Waals surface area contributed by atoms with E-state index in [1.807, 2.05) is 14.0 Å². The summed E-state index contributed by atoms with van der Waals surface area (Å²) in [5, 5.41) is 11.7. The molecule has 0 aromatic carbocycles. The molecule has 1 saturated carbocycles. The number of piperidine rings is 1. The molecule has 160 valence electrons. The van der Waals surface area contributed by atoms with E-state index in [-0.39, 0.29) is 23.9 Å². The van der Waals surface area contributed by atoms with Crippen LogP contribution in [0.15, 0.2) is 11.6 Å². The summed E-state index contributed by atoms with van der Waals surface area (Å²) in [6, 6.07) is 0. The van der Waals surface area contributed by atoms with E-state index in [9.17, 15) is 9.90 Å². The lowest BCUT2D eigenvalue weighted by molar-refractivity contribution is -0.159. The largest absolute Gasteiger partial charge is 0.458 e. The van der Waals surface area contributed by atoms with Crippen LogP contribution in [-0.4, -0.2) is 60.5 Å². The van der Waals surface area contributed by atoms with Gasteiger partial charge in [0.25, 0.3) is 0 Å². The Morgan fingerprint density at radius 1 is 1.39 bits per heavy atom. The quantitative estimate of drug-likeness (QED) is 0.573. The predicted octanol–water partition coefficient (Wildman–Crippen LogP) is 3.41. The van der Waals surface area contributed by atoms with E-state index in [4.69, 9.17) is 9.47 Å². The third-order valence-corrected chi connectivity index (χ3v) is 7.67. The highest BCUT2D eigenvalue weighted by Gasteiger charge is 2.52. The van der Waals surface area contributed by atoms with Gasteiger partial charge in [-0.3, -0.25) is 4.79 Å². The maximum Gasteiger partial charge on any atom is 0.303 e. The van der Waals surface area contributed by atoms with Crippen LogP contribution in [0, 0.1) is 23.7 Å². The van der Waals surface area contributed by atoms with Crippen LogP contribution in [0.3, 0.4) is 0 Å². The molecular weight excluding hydrogens is 354 g/mol. The van der Waals surface area contributed by atoms with Crippen molar-refractivity contribution in [3.8, 4) is 0 Å². The van der Waals surface area contributed by atoms with Crippen LogP contribution in [0.1, 0.15) is 59.8 Å². The van der Waals surface area contributed by atoms with E-state index in [0.717, 1.165) is 44.5 Å². The number of rotatable bonds is 5. The van der Waals surface area contributed by atoms with Gasteiger partial charge in [0.15, 0.2) is 0 Å². The molecule has 3 aliphatic rings. The summed E-state index contributed by atoms with van der Waals surface area (Å²) in [5.41, 5.74) is 0.307. The summed E-state index contributed by atoms with van der Waals surface area (Å²) in [5.74, 6) is 1.05. The molecule has 5 heteroatoms. The monoisotopic (exact) mass is 393 g/mol. The van der Waals surface area contributed by atoms with Crippen LogP contribution in [0.5, 0.6) is 0 Å². The molecular formula is C23H39NO4. The van der Waals surface area contributed by atoms with Crippen LogP contribution < -0.4 is 0 Å². The molecule has 0 aromatic heterocycles. The average molecular weight is 394 g/mol. The fourth-order valence-corrected chi connectivity index (χ4v) is 5.91. The molecule has 0 radical (unpaired) electrons. The smallest absolute Gasteiger partial charge is 0.303 e. The molecule has 1 saturated heterocycles. The number of likely N-dealkylation sites (tertiary alicyclic amines) is 1. The highest BCUT2D eigenvalue weighted by molar-refractivity contribution is 5.66. The molecule has 0 bridgehead atoms. The number of nitrogens with zero attached hydrogens (tertiary/aromatic N) is 1. The van der Waals surface area contributed by atoms with Crippen molar-refractivity contribution in [1.82, 2.24) is 4.90 Å². The lowest BCUT2D eigenvalue weighted by Gasteiger charge is -2.53. The lowest BCUT2D eigenvalue weighted by Crippen LogP contribution is -2.56. The molecule has 1 N–H and O–H groups in total. The van der Waals surface area contributed by atoms with E-state index in [1.54, 1.807) is 0 Å². The van der Waals surface area contributed by atoms with E-state index in [0.29, 0.717) is 24.4 Å². The average Bonchev–Trinajstić information content (AvgIpc) is 2.64.